The zero-order valence-corrected chi connectivity index (χ0v) is 12.8. The summed E-state index contributed by atoms with van der Waals surface area (Å²) in [6.45, 7) is 2.64. The molecule has 1 N–H and O–H groups in total. The Kier molecular flexibility index (Phi) is 5.02. The highest BCUT2D eigenvalue weighted by Gasteiger charge is 2.16. The molecule has 3 nitrogen and oxygen atoms in total. The van der Waals surface area contributed by atoms with Gasteiger partial charge in [0.05, 0.1) is 5.02 Å². The maximum absolute atomic E-state index is 13.5. The van der Waals surface area contributed by atoms with Gasteiger partial charge in [0, 0.05) is 48.5 Å². The van der Waals surface area contributed by atoms with Crippen molar-refractivity contribution < 1.29 is 4.39 Å². The Bertz CT molecular complexity index is 598. The largest absolute Gasteiger partial charge is 0.310 e. The van der Waals surface area contributed by atoms with Crippen LogP contribution in [0.1, 0.15) is 24.2 Å². The molecule has 0 spiro atoms. The predicted octanol–water partition coefficient (Wildman–Crippen LogP) is 3.76. The molecule has 0 amide bonds. The van der Waals surface area contributed by atoms with Gasteiger partial charge >= 0.3 is 0 Å². The summed E-state index contributed by atoms with van der Waals surface area (Å²) >= 11 is 12.1. The maximum Gasteiger partial charge on any atom is 0.142 e. The van der Waals surface area contributed by atoms with Crippen molar-refractivity contribution in [3.05, 3.63) is 51.5 Å². The van der Waals surface area contributed by atoms with E-state index in [4.69, 9.17) is 23.2 Å². The molecular formula is C14H16Cl2FN3. The number of nitrogens with zero attached hydrogens (tertiary/aromatic N) is 2. The average Bonchev–Trinajstić information content (AvgIpc) is 2.80. The van der Waals surface area contributed by atoms with Crippen LogP contribution in [-0.2, 0) is 13.5 Å². The van der Waals surface area contributed by atoms with Gasteiger partial charge in [0.2, 0.25) is 0 Å². The summed E-state index contributed by atoms with van der Waals surface area (Å²) in [5.41, 5.74) is 1.72. The van der Waals surface area contributed by atoms with Crippen molar-refractivity contribution in [2.45, 2.75) is 19.4 Å². The summed E-state index contributed by atoms with van der Waals surface area (Å²) in [4.78, 5) is 0. The third kappa shape index (κ3) is 3.32. The van der Waals surface area contributed by atoms with Crippen LogP contribution in [0.25, 0.3) is 0 Å². The fraction of sp³-hybridized carbons (Fsp3) is 0.357. The molecular weight excluding hydrogens is 300 g/mol. The summed E-state index contributed by atoms with van der Waals surface area (Å²) in [5, 5.41) is 7.96. The van der Waals surface area contributed by atoms with Crippen LogP contribution in [0.2, 0.25) is 10.0 Å². The van der Waals surface area contributed by atoms with Gasteiger partial charge in [-0.25, -0.2) is 4.39 Å². The van der Waals surface area contributed by atoms with E-state index in [0.717, 1.165) is 18.7 Å². The van der Waals surface area contributed by atoms with E-state index in [-0.39, 0.29) is 11.1 Å². The molecule has 1 atom stereocenters. The number of benzene rings is 1. The standard InChI is InChI=1S/C14H16Cl2FN3/c1-9(13-11(15)3-4-12(17)14(13)16)18-7-5-10-6-8-19-20(10)2/h3-4,6,8-9,18H,5,7H2,1-2H3. The Morgan fingerprint density at radius 3 is 2.75 bits per heavy atom. The van der Waals surface area contributed by atoms with Crippen LogP contribution in [0.5, 0.6) is 0 Å². The van der Waals surface area contributed by atoms with Crippen molar-refractivity contribution in [3.63, 3.8) is 0 Å². The summed E-state index contributed by atoms with van der Waals surface area (Å²) < 4.78 is 15.3. The van der Waals surface area contributed by atoms with Gasteiger partial charge in [-0.2, -0.15) is 5.10 Å². The quantitative estimate of drug-likeness (QED) is 0.851. The minimum absolute atomic E-state index is 0.0815. The molecule has 0 aliphatic heterocycles. The minimum Gasteiger partial charge on any atom is -0.310 e. The SMILES string of the molecule is CC(NCCc1ccnn1C)c1c(Cl)ccc(F)c1Cl. The lowest BCUT2D eigenvalue weighted by molar-refractivity contribution is 0.557. The van der Waals surface area contributed by atoms with Crippen molar-refractivity contribution in [2.75, 3.05) is 6.54 Å². The fourth-order valence-corrected chi connectivity index (χ4v) is 2.80. The van der Waals surface area contributed by atoms with Gasteiger partial charge in [0.25, 0.3) is 0 Å². The molecule has 1 unspecified atom stereocenters. The van der Waals surface area contributed by atoms with Crippen LogP contribution >= 0.6 is 23.2 Å². The summed E-state index contributed by atoms with van der Waals surface area (Å²) in [7, 11) is 1.90. The van der Waals surface area contributed by atoms with E-state index < -0.39 is 5.82 Å². The molecule has 108 valence electrons. The van der Waals surface area contributed by atoms with E-state index in [1.807, 2.05) is 24.7 Å². The molecule has 20 heavy (non-hydrogen) atoms. The minimum atomic E-state index is -0.452. The molecule has 0 bridgehead atoms. The van der Waals surface area contributed by atoms with Crippen LogP contribution in [0, 0.1) is 5.82 Å². The van der Waals surface area contributed by atoms with Crippen molar-refractivity contribution >= 4 is 23.2 Å². The van der Waals surface area contributed by atoms with E-state index in [9.17, 15) is 4.39 Å². The smallest absolute Gasteiger partial charge is 0.142 e. The third-order valence-electron chi connectivity index (χ3n) is 3.27. The fourth-order valence-electron chi connectivity index (χ4n) is 2.11. The second-order valence-electron chi connectivity index (χ2n) is 4.63. The molecule has 0 radical (unpaired) electrons. The molecule has 0 fully saturated rings. The van der Waals surface area contributed by atoms with Gasteiger partial charge in [0.15, 0.2) is 0 Å². The number of rotatable bonds is 5. The molecule has 2 aromatic rings. The van der Waals surface area contributed by atoms with Gasteiger partial charge < -0.3 is 5.32 Å². The van der Waals surface area contributed by atoms with E-state index in [0.29, 0.717) is 10.6 Å². The van der Waals surface area contributed by atoms with Gasteiger partial charge in [0.1, 0.15) is 5.82 Å². The number of nitrogens with one attached hydrogen (secondary N) is 1. The van der Waals surface area contributed by atoms with Crippen molar-refractivity contribution in [1.29, 1.82) is 0 Å². The highest BCUT2D eigenvalue weighted by atomic mass is 35.5. The highest BCUT2D eigenvalue weighted by Crippen LogP contribution is 2.32. The molecule has 0 aliphatic carbocycles. The van der Waals surface area contributed by atoms with Crippen LogP contribution < -0.4 is 5.32 Å². The second-order valence-corrected chi connectivity index (χ2v) is 5.41. The normalized spacial score (nSPS) is 12.7. The Balaban J connectivity index is 2.00. The van der Waals surface area contributed by atoms with Gasteiger partial charge in [-0.1, -0.05) is 23.2 Å². The predicted molar refractivity (Wildman–Crippen MR) is 79.7 cm³/mol. The second kappa shape index (κ2) is 6.57. The lowest BCUT2D eigenvalue weighted by Crippen LogP contribution is -2.23. The molecule has 1 aromatic carbocycles. The van der Waals surface area contributed by atoms with Crippen molar-refractivity contribution in [2.24, 2.45) is 7.05 Å². The van der Waals surface area contributed by atoms with Gasteiger partial charge in [-0.05, 0) is 25.1 Å². The summed E-state index contributed by atoms with van der Waals surface area (Å²) in [6, 6.07) is 4.64. The summed E-state index contributed by atoms with van der Waals surface area (Å²) in [6.07, 6.45) is 2.59. The first kappa shape index (κ1) is 15.3. The zero-order valence-electron chi connectivity index (χ0n) is 11.3. The number of hydrogen-bond donors (Lipinski definition) is 1. The third-order valence-corrected chi connectivity index (χ3v) is 3.98. The first-order chi connectivity index (χ1) is 9.50. The highest BCUT2D eigenvalue weighted by molar-refractivity contribution is 6.36. The molecule has 2 rings (SSSR count). The van der Waals surface area contributed by atoms with E-state index in [1.165, 1.54) is 12.1 Å². The van der Waals surface area contributed by atoms with Gasteiger partial charge in [-0.15, -0.1) is 0 Å². The number of aromatic nitrogens is 2. The monoisotopic (exact) mass is 315 g/mol. The number of hydrogen-bond acceptors (Lipinski definition) is 2. The molecule has 0 aliphatic rings. The molecule has 0 saturated carbocycles. The molecule has 0 saturated heterocycles. The van der Waals surface area contributed by atoms with E-state index >= 15 is 0 Å². The number of aryl methyl sites for hydroxylation is 1. The Hall–Kier alpha value is -1.10. The maximum atomic E-state index is 13.5. The Labute approximate surface area is 127 Å². The van der Waals surface area contributed by atoms with Gasteiger partial charge in [-0.3, -0.25) is 4.68 Å². The lowest BCUT2D eigenvalue weighted by atomic mass is 10.1. The molecule has 1 heterocycles. The van der Waals surface area contributed by atoms with Crippen LogP contribution in [0.4, 0.5) is 4.39 Å². The van der Waals surface area contributed by atoms with Crippen LogP contribution in [-0.4, -0.2) is 16.3 Å². The first-order valence-electron chi connectivity index (χ1n) is 6.34. The zero-order chi connectivity index (χ0) is 14.7. The first-order valence-corrected chi connectivity index (χ1v) is 7.10. The molecule has 1 aromatic heterocycles. The Morgan fingerprint density at radius 2 is 2.10 bits per heavy atom. The summed E-state index contributed by atoms with van der Waals surface area (Å²) in [5.74, 6) is -0.452. The van der Waals surface area contributed by atoms with E-state index in [1.54, 1.807) is 6.20 Å². The molecule has 6 heteroatoms. The van der Waals surface area contributed by atoms with Crippen LogP contribution in [0.15, 0.2) is 24.4 Å². The van der Waals surface area contributed by atoms with E-state index in [2.05, 4.69) is 10.4 Å². The lowest BCUT2D eigenvalue weighted by Gasteiger charge is -2.17. The van der Waals surface area contributed by atoms with Crippen molar-refractivity contribution in [1.82, 2.24) is 15.1 Å². The number of halogens is 3. The van der Waals surface area contributed by atoms with Crippen molar-refractivity contribution in [3.8, 4) is 0 Å². The Morgan fingerprint density at radius 1 is 1.35 bits per heavy atom. The van der Waals surface area contributed by atoms with Crippen LogP contribution in [0.3, 0.4) is 0 Å². The average molecular weight is 316 g/mol. The topological polar surface area (TPSA) is 29.9 Å².